The van der Waals surface area contributed by atoms with E-state index in [1.807, 2.05) is 18.5 Å². The van der Waals surface area contributed by atoms with Crippen LogP contribution < -0.4 is 0 Å². The van der Waals surface area contributed by atoms with Gasteiger partial charge in [0.1, 0.15) is 5.82 Å². The van der Waals surface area contributed by atoms with Crippen molar-refractivity contribution in [1.29, 1.82) is 0 Å². The summed E-state index contributed by atoms with van der Waals surface area (Å²) in [5.74, 6) is -0.323. The Hall–Kier alpha value is -1.49. The standard InChI is InChI=1S/C16H18BrFN2O/c1-4-13-16(17)14(20(5-2)19-13)9-15(21)11-6-7-12(18)10(3)8-11/h6-8H,4-5,9H2,1-3H3. The summed E-state index contributed by atoms with van der Waals surface area (Å²) >= 11 is 3.53. The molecule has 21 heavy (non-hydrogen) atoms. The first-order chi connectivity index (χ1) is 9.97. The van der Waals surface area contributed by atoms with Crippen LogP contribution in [0, 0.1) is 12.7 Å². The lowest BCUT2D eigenvalue weighted by molar-refractivity contribution is 0.0990. The number of rotatable bonds is 5. The van der Waals surface area contributed by atoms with E-state index in [9.17, 15) is 9.18 Å². The van der Waals surface area contributed by atoms with Crippen molar-refractivity contribution in [2.75, 3.05) is 0 Å². The van der Waals surface area contributed by atoms with Gasteiger partial charge in [-0.05, 0) is 60.0 Å². The molecule has 0 aliphatic rings. The Labute approximate surface area is 132 Å². The molecular formula is C16H18BrFN2O. The van der Waals surface area contributed by atoms with Crippen molar-refractivity contribution in [2.45, 2.75) is 40.2 Å². The molecule has 0 radical (unpaired) electrons. The molecular weight excluding hydrogens is 335 g/mol. The monoisotopic (exact) mass is 352 g/mol. The van der Waals surface area contributed by atoms with Gasteiger partial charge in [-0.25, -0.2) is 4.39 Å². The maximum absolute atomic E-state index is 13.3. The van der Waals surface area contributed by atoms with Gasteiger partial charge in [-0.2, -0.15) is 5.10 Å². The first-order valence-corrected chi connectivity index (χ1v) is 7.80. The number of ketones is 1. The van der Waals surface area contributed by atoms with E-state index in [0.717, 1.165) is 22.3 Å². The number of hydrogen-bond acceptors (Lipinski definition) is 2. The lowest BCUT2D eigenvalue weighted by Crippen LogP contribution is -2.10. The smallest absolute Gasteiger partial charge is 0.168 e. The van der Waals surface area contributed by atoms with E-state index in [1.54, 1.807) is 13.0 Å². The van der Waals surface area contributed by atoms with Crippen LogP contribution in [0.3, 0.4) is 0 Å². The molecule has 1 aromatic carbocycles. The average Bonchev–Trinajstić information content (AvgIpc) is 2.78. The van der Waals surface area contributed by atoms with E-state index in [0.29, 0.717) is 17.7 Å². The topological polar surface area (TPSA) is 34.9 Å². The highest BCUT2D eigenvalue weighted by Crippen LogP contribution is 2.24. The van der Waals surface area contributed by atoms with Crippen LogP contribution in [0.1, 0.15) is 41.2 Å². The molecule has 112 valence electrons. The first kappa shape index (κ1) is 15.9. The summed E-state index contributed by atoms with van der Waals surface area (Å²) in [6.45, 7) is 6.40. The van der Waals surface area contributed by atoms with E-state index in [2.05, 4.69) is 21.0 Å². The lowest BCUT2D eigenvalue weighted by Gasteiger charge is -2.06. The Balaban J connectivity index is 2.31. The molecule has 0 bridgehead atoms. The number of carbonyl (C=O) groups excluding carboxylic acids is 1. The lowest BCUT2D eigenvalue weighted by atomic mass is 10.0. The van der Waals surface area contributed by atoms with E-state index < -0.39 is 0 Å². The minimum absolute atomic E-state index is 0.0314. The van der Waals surface area contributed by atoms with Gasteiger partial charge >= 0.3 is 0 Å². The first-order valence-electron chi connectivity index (χ1n) is 7.01. The van der Waals surface area contributed by atoms with Crippen LogP contribution in [0.4, 0.5) is 4.39 Å². The molecule has 3 nitrogen and oxygen atoms in total. The fraction of sp³-hybridized carbons (Fsp3) is 0.375. The second-order valence-electron chi connectivity index (χ2n) is 4.94. The van der Waals surface area contributed by atoms with Crippen molar-refractivity contribution in [3.05, 3.63) is 51.0 Å². The quantitative estimate of drug-likeness (QED) is 0.759. The van der Waals surface area contributed by atoms with Crippen molar-refractivity contribution >= 4 is 21.7 Å². The Kier molecular flexibility index (Phi) is 4.93. The van der Waals surface area contributed by atoms with Crippen molar-refractivity contribution in [3.63, 3.8) is 0 Å². The summed E-state index contributed by atoms with van der Waals surface area (Å²) in [6.07, 6.45) is 1.07. The van der Waals surface area contributed by atoms with Crippen LogP contribution in [0.15, 0.2) is 22.7 Å². The maximum atomic E-state index is 13.3. The van der Waals surface area contributed by atoms with Crippen LogP contribution in [0.2, 0.25) is 0 Å². The van der Waals surface area contributed by atoms with Crippen LogP contribution in [0.5, 0.6) is 0 Å². The Morgan fingerprint density at radius 3 is 2.67 bits per heavy atom. The molecule has 0 atom stereocenters. The number of nitrogens with zero attached hydrogens (tertiary/aromatic N) is 2. The minimum atomic E-state index is -0.292. The average molecular weight is 353 g/mol. The molecule has 0 spiro atoms. The molecule has 2 rings (SSSR count). The summed E-state index contributed by atoms with van der Waals surface area (Å²) in [5, 5.41) is 4.48. The maximum Gasteiger partial charge on any atom is 0.168 e. The summed E-state index contributed by atoms with van der Waals surface area (Å²) in [5.41, 5.74) is 2.84. The molecule has 0 amide bonds. The van der Waals surface area contributed by atoms with Gasteiger partial charge < -0.3 is 0 Å². The third-order valence-electron chi connectivity index (χ3n) is 3.50. The number of Topliss-reactive ketones (excluding diaryl/α,β-unsaturated/α-hetero) is 1. The Bertz CT molecular complexity index is 679. The fourth-order valence-corrected chi connectivity index (χ4v) is 2.96. The summed E-state index contributed by atoms with van der Waals surface area (Å²) in [4.78, 5) is 12.4. The van der Waals surface area contributed by atoms with Gasteiger partial charge in [-0.15, -0.1) is 0 Å². The predicted molar refractivity (Wildman–Crippen MR) is 84.2 cm³/mol. The van der Waals surface area contributed by atoms with Gasteiger partial charge in [-0.1, -0.05) is 6.92 Å². The van der Waals surface area contributed by atoms with E-state index in [1.165, 1.54) is 12.1 Å². The predicted octanol–water partition coefficient (Wildman–Crippen LogP) is 4.10. The molecule has 1 aromatic heterocycles. The summed E-state index contributed by atoms with van der Waals surface area (Å²) in [6, 6.07) is 4.47. The van der Waals surface area contributed by atoms with Crippen molar-refractivity contribution in [1.82, 2.24) is 9.78 Å². The van der Waals surface area contributed by atoms with Gasteiger partial charge in [0.05, 0.1) is 22.3 Å². The largest absolute Gasteiger partial charge is 0.294 e. The van der Waals surface area contributed by atoms with Crippen molar-refractivity contribution < 1.29 is 9.18 Å². The minimum Gasteiger partial charge on any atom is -0.294 e. The number of aromatic nitrogens is 2. The molecule has 0 N–H and O–H groups in total. The molecule has 1 heterocycles. The number of hydrogen-bond donors (Lipinski definition) is 0. The molecule has 0 unspecified atom stereocenters. The van der Waals surface area contributed by atoms with Gasteiger partial charge in [-0.3, -0.25) is 9.48 Å². The van der Waals surface area contributed by atoms with Crippen molar-refractivity contribution in [3.8, 4) is 0 Å². The Morgan fingerprint density at radius 1 is 1.38 bits per heavy atom. The molecule has 5 heteroatoms. The molecule has 2 aromatic rings. The summed E-state index contributed by atoms with van der Waals surface area (Å²) < 4.78 is 16.0. The molecule has 0 saturated heterocycles. The SMILES string of the molecule is CCc1nn(CC)c(CC(=O)c2ccc(F)c(C)c2)c1Br. The fourth-order valence-electron chi connectivity index (χ4n) is 2.26. The van der Waals surface area contributed by atoms with Gasteiger partial charge in [0, 0.05) is 12.1 Å². The molecule has 0 aliphatic carbocycles. The zero-order chi connectivity index (χ0) is 15.6. The second-order valence-corrected chi connectivity index (χ2v) is 5.73. The van der Waals surface area contributed by atoms with E-state index >= 15 is 0 Å². The molecule has 0 saturated carbocycles. The number of aryl methyl sites for hydroxylation is 3. The van der Waals surface area contributed by atoms with E-state index in [4.69, 9.17) is 0 Å². The molecule has 0 fully saturated rings. The third kappa shape index (κ3) is 3.23. The normalized spacial score (nSPS) is 10.9. The highest BCUT2D eigenvalue weighted by atomic mass is 79.9. The Morgan fingerprint density at radius 2 is 2.10 bits per heavy atom. The molecule has 0 aliphatic heterocycles. The van der Waals surface area contributed by atoms with Gasteiger partial charge in [0.25, 0.3) is 0 Å². The van der Waals surface area contributed by atoms with Gasteiger partial charge in [0.2, 0.25) is 0 Å². The van der Waals surface area contributed by atoms with Crippen molar-refractivity contribution in [2.24, 2.45) is 0 Å². The van der Waals surface area contributed by atoms with Crippen LogP contribution in [-0.4, -0.2) is 15.6 Å². The number of carbonyl (C=O) groups is 1. The summed E-state index contributed by atoms with van der Waals surface area (Å²) in [7, 11) is 0. The zero-order valence-electron chi connectivity index (χ0n) is 12.4. The third-order valence-corrected chi connectivity index (χ3v) is 4.42. The highest BCUT2D eigenvalue weighted by molar-refractivity contribution is 9.10. The number of benzene rings is 1. The highest BCUT2D eigenvalue weighted by Gasteiger charge is 2.18. The van der Waals surface area contributed by atoms with Gasteiger partial charge in [0.15, 0.2) is 5.78 Å². The number of halogens is 2. The second kappa shape index (κ2) is 6.52. The van der Waals surface area contributed by atoms with Crippen LogP contribution in [0.25, 0.3) is 0 Å². The van der Waals surface area contributed by atoms with Crippen LogP contribution >= 0.6 is 15.9 Å². The van der Waals surface area contributed by atoms with Crippen LogP contribution in [-0.2, 0) is 19.4 Å². The zero-order valence-corrected chi connectivity index (χ0v) is 14.0. The van der Waals surface area contributed by atoms with E-state index in [-0.39, 0.29) is 18.0 Å².